The van der Waals surface area contributed by atoms with Crippen LogP contribution in [-0.2, 0) is 0 Å². The molecule has 0 fully saturated rings. The summed E-state index contributed by atoms with van der Waals surface area (Å²) >= 11 is 1.43. The van der Waals surface area contributed by atoms with E-state index in [1.165, 1.54) is 11.8 Å². The highest BCUT2D eigenvalue weighted by atomic mass is 32.2. The largest absolute Gasteiger partial charge is 0.294 e. The highest BCUT2D eigenvalue weighted by Crippen LogP contribution is 2.20. The molecular formula is C19H20O2S. The Labute approximate surface area is 135 Å². The third-order valence-electron chi connectivity index (χ3n) is 3.66. The number of Topliss-reactive ketones (excluding diaryl/α,β-unsaturated/α-hetero) is 2. The van der Waals surface area contributed by atoms with Crippen LogP contribution in [0.25, 0.3) is 0 Å². The number of benzene rings is 2. The van der Waals surface area contributed by atoms with Crippen LogP contribution in [-0.4, -0.2) is 23.1 Å². The van der Waals surface area contributed by atoms with Crippen molar-refractivity contribution in [2.45, 2.75) is 25.5 Å². The number of thioether (sulfide) groups is 1. The van der Waals surface area contributed by atoms with Crippen molar-refractivity contribution in [1.82, 2.24) is 0 Å². The molecule has 0 saturated heterocycles. The zero-order valence-electron chi connectivity index (χ0n) is 13.1. The van der Waals surface area contributed by atoms with Crippen LogP contribution in [0.5, 0.6) is 0 Å². The van der Waals surface area contributed by atoms with E-state index in [0.717, 1.165) is 11.1 Å². The number of carbonyl (C=O) groups is 2. The zero-order valence-corrected chi connectivity index (χ0v) is 13.9. The number of hydrogen-bond donors (Lipinski definition) is 0. The summed E-state index contributed by atoms with van der Waals surface area (Å²) in [7, 11) is 0. The first-order valence-electron chi connectivity index (χ1n) is 7.25. The summed E-state index contributed by atoms with van der Waals surface area (Å²) in [5, 5.41) is -0.337. The molecule has 0 aliphatic rings. The Hall–Kier alpha value is -1.87. The molecule has 0 aliphatic heterocycles. The van der Waals surface area contributed by atoms with Gasteiger partial charge in [-0.05, 0) is 20.1 Å². The summed E-state index contributed by atoms with van der Waals surface area (Å²) < 4.78 is 0. The van der Waals surface area contributed by atoms with Crippen LogP contribution in [0, 0.1) is 13.8 Å². The van der Waals surface area contributed by atoms with Gasteiger partial charge in [0.05, 0.1) is 5.25 Å². The van der Waals surface area contributed by atoms with Gasteiger partial charge in [0.25, 0.3) is 0 Å². The van der Waals surface area contributed by atoms with Crippen molar-refractivity contribution in [3.8, 4) is 0 Å². The maximum atomic E-state index is 12.5. The summed E-state index contributed by atoms with van der Waals surface area (Å²) in [4.78, 5) is 24.9. The van der Waals surface area contributed by atoms with Crippen molar-refractivity contribution in [2.24, 2.45) is 0 Å². The van der Waals surface area contributed by atoms with Crippen LogP contribution in [0.4, 0.5) is 0 Å². The Morgan fingerprint density at radius 3 is 1.77 bits per heavy atom. The molecule has 0 spiro atoms. The lowest BCUT2D eigenvalue weighted by Crippen LogP contribution is -2.21. The molecule has 1 atom stereocenters. The smallest absolute Gasteiger partial charge is 0.176 e. The molecule has 2 aromatic rings. The predicted octanol–water partition coefficient (Wildman–Crippen LogP) is 4.49. The normalized spacial score (nSPS) is 12.0. The van der Waals surface area contributed by atoms with Gasteiger partial charge >= 0.3 is 0 Å². The van der Waals surface area contributed by atoms with E-state index in [-0.39, 0.29) is 23.2 Å². The van der Waals surface area contributed by atoms with Crippen LogP contribution in [0.1, 0.15) is 38.3 Å². The van der Waals surface area contributed by atoms with E-state index in [0.29, 0.717) is 11.1 Å². The molecule has 0 bridgehead atoms. The van der Waals surface area contributed by atoms with E-state index in [4.69, 9.17) is 0 Å². The fourth-order valence-electron chi connectivity index (χ4n) is 2.21. The van der Waals surface area contributed by atoms with E-state index >= 15 is 0 Å². The van der Waals surface area contributed by atoms with Gasteiger partial charge in [0.15, 0.2) is 11.6 Å². The van der Waals surface area contributed by atoms with Gasteiger partial charge in [0.2, 0.25) is 0 Å². The highest BCUT2D eigenvalue weighted by Gasteiger charge is 2.22. The second-order valence-corrected chi connectivity index (χ2v) is 6.49. The Bertz CT molecular complexity index is 657. The minimum absolute atomic E-state index is 0.0137. The maximum Gasteiger partial charge on any atom is 0.176 e. The Balaban J connectivity index is 2.11. The van der Waals surface area contributed by atoms with E-state index in [1.54, 1.807) is 0 Å². The second-order valence-electron chi connectivity index (χ2n) is 5.45. The van der Waals surface area contributed by atoms with E-state index in [9.17, 15) is 9.59 Å². The monoisotopic (exact) mass is 312 g/mol. The molecule has 2 nitrogen and oxygen atoms in total. The quantitative estimate of drug-likeness (QED) is 0.737. The third-order valence-corrected chi connectivity index (χ3v) is 4.61. The van der Waals surface area contributed by atoms with E-state index in [1.807, 2.05) is 68.6 Å². The van der Waals surface area contributed by atoms with Crippen LogP contribution < -0.4 is 0 Å². The van der Waals surface area contributed by atoms with Crippen LogP contribution in [0.3, 0.4) is 0 Å². The standard InChI is InChI=1S/C19H20O2S/c1-13-4-8-15(9-5-13)17(20)12-18(22-3)19(21)16-10-6-14(2)7-11-16/h4-11,18H,12H2,1-3H3. The molecule has 1 unspecified atom stereocenters. The molecule has 22 heavy (non-hydrogen) atoms. The Morgan fingerprint density at radius 2 is 1.32 bits per heavy atom. The first-order valence-corrected chi connectivity index (χ1v) is 8.53. The van der Waals surface area contributed by atoms with Gasteiger partial charge in [-0.25, -0.2) is 0 Å². The molecule has 0 aromatic heterocycles. The van der Waals surface area contributed by atoms with E-state index < -0.39 is 0 Å². The highest BCUT2D eigenvalue weighted by molar-refractivity contribution is 8.00. The number of aryl methyl sites for hydroxylation is 2. The van der Waals surface area contributed by atoms with Gasteiger partial charge in [-0.2, -0.15) is 11.8 Å². The first kappa shape index (κ1) is 16.5. The van der Waals surface area contributed by atoms with E-state index in [2.05, 4.69) is 0 Å². The molecule has 3 heteroatoms. The first-order chi connectivity index (χ1) is 10.5. The molecule has 114 valence electrons. The van der Waals surface area contributed by atoms with Gasteiger partial charge in [-0.3, -0.25) is 9.59 Å². The molecule has 0 radical (unpaired) electrons. The summed E-state index contributed by atoms with van der Waals surface area (Å²) in [6, 6.07) is 15.0. The molecule has 2 rings (SSSR count). The number of rotatable bonds is 6. The predicted molar refractivity (Wildman–Crippen MR) is 92.9 cm³/mol. The summed E-state index contributed by atoms with van der Waals surface area (Å²) in [5.41, 5.74) is 3.57. The van der Waals surface area contributed by atoms with Gasteiger partial charge in [0, 0.05) is 17.5 Å². The lowest BCUT2D eigenvalue weighted by Gasteiger charge is -2.13. The summed E-state index contributed by atoms with van der Waals surface area (Å²) in [6.45, 7) is 3.97. The van der Waals surface area contributed by atoms with Crippen molar-refractivity contribution in [3.63, 3.8) is 0 Å². The topological polar surface area (TPSA) is 34.1 Å². The fourth-order valence-corrected chi connectivity index (χ4v) is 2.88. The molecule has 0 heterocycles. The summed E-state index contributed by atoms with van der Waals surface area (Å²) in [5.74, 6) is 0.0350. The van der Waals surface area contributed by atoms with Crippen LogP contribution >= 0.6 is 11.8 Å². The van der Waals surface area contributed by atoms with Gasteiger partial charge in [-0.15, -0.1) is 0 Å². The number of hydrogen-bond acceptors (Lipinski definition) is 3. The minimum Gasteiger partial charge on any atom is -0.294 e. The van der Waals surface area contributed by atoms with Crippen molar-refractivity contribution in [3.05, 3.63) is 70.8 Å². The molecule has 2 aromatic carbocycles. The van der Waals surface area contributed by atoms with Crippen LogP contribution in [0.15, 0.2) is 48.5 Å². The molecule has 0 aliphatic carbocycles. The van der Waals surface area contributed by atoms with Crippen molar-refractivity contribution in [1.29, 1.82) is 0 Å². The molecular weight excluding hydrogens is 292 g/mol. The lowest BCUT2D eigenvalue weighted by atomic mass is 10.00. The zero-order chi connectivity index (χ0) is 16.1. The average Bonchev–Trinajstić information content (AvgIpc) is 2.53. The average molecular weight is 312 g/mol. The Kier molecular flexibility index (Phi) is 5.56. The van der Waals surface area contributed by atoms with Gasteiger partial charge in [0.1, 0.15) is 0 Å². The molecule has 0 saturated carbocycles. The number of carbonyl (C=O) groups excluding carboxylic acids is 2. The van der Waals surface area contributed by atoms with Crippen molar-refractivity contribution < 1.29 is 9.59 Å². The SMILES string of the molecule is CSC(CC(=O)c1ccc(C)cc1)C(=O)c1ccc(C)cc1. The van der Waals surface area contributed by atoms with Crippen LogP contribution in [0.2, 0.25) is 0 Å². The summed E-state index contributed by atoms with van der Waals surface area (Å²) in [6.07, 6.45) is 2.11. The molecule has 0 N–H and O–H groups in total. The van der Waals surface area contributed by atoms with Gasteiger partial charge < -0.3 is 0 Å². The van der Waals surface area contributed by atoms with Crippen molar-refractivity contribution in [2.75, 3.05) is 6.26 Å². The number of ketones is 2. The van der Waals surface area contributed by atoms with Gasteiger partial charge in [-0.1, -0.05) is 59.7 Å². The molecule has 0 amide bonds. The maximum absolute atomic E-state index is 12.5. The fraction of sp³-hybridized carbons (Fsp3) is 0.263. The Morgan fingerprint density at radius 1 is 0.864 bits per heavy atom. The minimum atomic E-state index is -0.337. The second kappa shape index (κ2) is 7.41. The third kappa shape index (κ3) is 4.08. The lowest BCUT2D eigenvalue weighted by molar-refractivity contribution is 0.0924. The van der Waals surface area contributed by atoms with Crippen molar-refractivity contribution >= 4 is 23.3 Å².